The summed E-state index contributed by atoms with van der Waals surface area (Å²) < 4.78 is 3.62. The van der Waals surface area contributed by atoms with Gasteiger partial charge >= 0.3 is 0 Å². The lowest BCUT2D eigenvalue weighted by Crippen LogP contribution is -2.43. The highest BCUT2D eigenvalue weighted by Gasteiger charge is 2.09. The highest BCUT2D eigenvalue weighted by atomic mass is 16.2. The molecule has 2 amide bonds. The van der Waals surface area contributed by atoms with E-state index in [2.05, 4.69) is 16.0 Å². The van der Waals surface area contributed by atoms with Crippen molar-refractivity contribution >= 4 is 22.7 Å². The van der Waals surface area contributed by atoms with E-state index in [-0.39, 0.29) is 24.8 Å². The van der Waals surface area contributed by atoms with Gasteiger partial charge < -0.3 is 4.57 Å². The summed E-state index contributed by atoms with van der Waals surface area (Å²) in [5.74, 6) is -0.550. The Bertz CT molecular complexity index is 909. The van der Waals surface area contributed by atoms with Crippen LogP contribution >= 0.6 is 0 Å². The summed E-state index contributed by atoms with van der Waals surface area (Å²) in [6.45, 7) is 4.37. The molecule has 0 saturated heterocycles. The van der Waals surface area contributed by atoms with Crippen LogP contribution in [-0.4, -0.2) is 26.2 Å². The number of carbonyl (C=O) groups excluding carboxylic acids is 2. The topological polar surface area (TPSA) is 81.0 Å². The van der Waals surface area contributed by atoms with Gasteiger partial charge in [-0.3, -0.25) is 25.1 Å². The monoisotopic (exact) mass is 339 g/mol. The van der Waals surface area contributed by atoms with Crippen molar-refractivity contribution in [3.05, 3.63) is 54.0 Å². The van der Waals surface area contributed by atoms with Gasteiger partial charge in [0.15, 0.2) is 0 Å². The molecular formula is C18H21N5O2. The Kier molecular flexibility index (Phi) is 4.83. The van der Waals surface area contributed by atoms with Crippen LogP contribution in [0.5, 0.6) is 0 Å². The number of nitrogens with zero attached hydrogens (tertiary/aromatic N) is 3. The quantitative estimate of drug-likeness (QED) is 0.694. The lowest BCUT2D eigenvalue weighted by Gasteiger charge is -2.09. The largest absolute Gasteiger partial charge is 0.347 e. The molecule has 0 aliphatic rings. The average molecular weight is 339 g/mol. The molecule has 0 atom stereocenters. The first kappa shape index (κ1) is 16.8. The Morgan fingerprint density at radius 1 is 1.08 bits per heavy atom. The van der Waals surface area contributed by atoms with Crippen molar-refractivity contribution in [2.45, 2.75) is 33.4 Å². The fourth-order valence-electron chi connectivity index (χ4n) is 2.77. The van der Waals surface area contributed by atoms with E-state index in [4.69, 9.17) is 0 Å². The van der Waals surface area contributed by atoms with E-state index >= 15 is 0 Å². The highest BCUT2D eigenvalue weighted by Crippen LogP contribution is 2.15. The predicted octanol–water partition coefficient (Wildman–Crippen LogP) is 1.69. The number of nitrogens with one attached hydrogen (secondary N) is 2. The number of para-hydroxylation sites is 1. The maximum absolute atomic E-state index is 11.9. The number of fused-ring (bicyclic) bond motifs is 1. The van der Waals surface area contributed by atoms with Crippen molar-refractivity contribution < 1.29 is 9.59 Å². The van der Waals surface area contributed by atoms with Crippen LogP contribution in [0.3, 0.4) is 0 Å². The van der Waals surface area contributed by atoms with Crippen LogP contribution in [-0.2, 0) is 22.7 Å². The SMILES string of the molecule is Cc1cc(C)n(CC(=O)NNC(=O)CCn2ccc3ccccc32)n1. The van der Waals surface area contributed by atoms with Gasteiger partial charge in [0.25, 0.3) is 5.91 Å². The molecule has 7 nitrogen and oxygen atoms in total. The van der Waals surface area contributed by atoms with E-state index in [1.165, 1.54) is 0 Å². The van der Waals surface area contributed by atoms with Crippen LogP contribution in [0.4, 0.5) is 0 Å². The van der Waals surface area contributed by atoms with Crippen molar-refractivity contribution in [1.29, 1.82) is 0 Å². The fraction of sp³-hybridized carbons (Fsp3) is 0.278. The van der Waals surface area contributed by atoms with Crippen molar-refractivity contribution in [3.8, 4) is 0 Å². The summed E-state index contributed by atoms with van der Waals surface area (Å²) in [7, 11) is 0. The number of hydrazine groups is 1. The first-order chi connectivity index (χ1) is 12.0. The molecule has 2 aromatic heterocycles. The number of aromatic nitrogens is 3. The molecule has 2 heterocycles. The Balaban J connectivity index is 1.46. The van der Waals surface area contributed by atoms with Crippen LogP contribution < -0.4 is 10.9 Å². The Morgan fingerprint density at radius 2 is 1.84 bits per heavy atom. The van der Waals surface area contributed by atoms with Crippen LogP contribution in [0.15, 0.2) is 42.6 Å². The summed E-state index contributed by atoms with van der Waals surface area (Å²) in [4.78, 5) is 23.8. The summed E-state index contributed by atoms with van der Waals surface area (Å²) in [6, 6.07) is 11.9. The molecule has 3 rings (SSSR count). The second-order valence-electron chi connectivity index (χ2n) is 6.00. The zero-order chi connectivity index (χ0) is 17.8. The van der Waals surface area contributed by atoms with Gasteiger partial charge in [-0.05, 0) is 37.4 Å². The smallest absolute Gasteiger partial charge is 0.260 e. The summed E-state index contributed by atoms with van der Waals surface area (Å²) in [6.07, 6.45) is 2.23. The van der Waals surface area contributed by atoms with Crippen molar-refractivity contribution in [3.63, 3.8) is 0 Å². The number of carbonyl (C=O) groups is 2. The third-order valence-corrected chi connectivity index (χ3v) is 4.00. The standard InChI is InChI=1S/C18H21N5O2/c1-13-11-14(2)23(21-13)12-18(25)20-19-17(24)8-10-22-9-7-15-5-3-4-6-16(15)22/h3-7,9,11H,8,10,12H2,1-2H3,(H,19,24)(H,20,25). The first-order valence-electron chi connectivity index (χ1n) is 8.15. The number of benzene rings is 1. The van der Waals surface area contributed by atoms with Gasteiger partial charge in [-0.2, -0.15) is 5.10 Å². The van der Waals surface area contributed by atoms with E-state index in [1.807, 2.05) is 61.0 Å². The van der Waals surface area contributed by atoms with Gasteiger partial charge in [0.05, 0.1) is 5.69 Å². The molecule has 0 bridgehead atoms. The summed E-state index contributed by atoms with van der Waals surface area (Å²) >= 11 is 0. The predicted molar refractivity (Wildman–Crippen MR) is 94.5 cm³/mol. The van der Waals surface area contributed by atoms with Crippen molar-refractivity contribution in [1.82, 2.24) is 25.2 Å². The van der Waals surface area contributed by atoms with E-state index in [0.717, 1.165) is 22.3 Å². The molecule has 0 aliphatic heterocycles. The number of hydrogen-bond donors (Lipinski definition) is 2. The molecule has 130 valence electrons. The molecule has 7 heteroatoms. The fourth-order valence-corrected chi connectivity index (χ4v) is 2.77. The van der Waals surface area contributed by atoms with Crippen LogP contribution in [0.2, 0.25) is 0 Å². The van der Waals surface area contributed by atoms with Gasteiger partial charge in [0.2, 0.25) is 5.91 Å². The molecule has 3 aromatic rings. The molecule has 0 aliphatic carbocycles. The van der Waals surface area contributed by atoms with Crippen molar-refractivity contribution in [2.75, 3.05) is 0 Å². The highest BCUT2D eigenvalue weighted by molar-refractivity contribution is 5.82. The van der Waals surface area contributed by atoms with Crippen LogP contribution in [0.1, 0.15) is 17.8 Å². The van der Waals surface area contributed by atoms with Gasteiger partial charge in [-0.15, -0.1) is 0 Å². The molecule has 0 unspecified atom stereocenters. The van der Waals surface area contributed by atoms with Gasteiger partial charge in [0.1, 0.15) is 6.54 Å². The third-order valence-electron chi connectivity index (χ3n) is 4.00. The van der Waals surface area contributed by atoms with Gasteiger partial charge in [-0.25, -0.2) is 0 Å². The Hall–Kier alpha value is -3.09. The minimum Gasteiger partial charge on any atom is -0.347 e. The zero-order valence-electron chi connectivity index (χ0n) is 14.3. The Labute approximate surface area is 145 Å². The van der Waals surface area contributed by atoms with E-state index in [9.17, 15) is 9.59 Å². The lowest BCUT2D eigenvalue weighted by molar-refractivity contribution is -0.129. The van der Waals surface area contributed by atoms with Crippen LogP contribution in [0, 0.1) is 13.8 Å². The van der Waals surface area contributed by atoms with E-state index in [0.29, 0.717) is 6.54 Å². The van der Waals surface area contributed by atoms with Crippen molar-refractivity contribution in [2.24, 2.45) is 0 Å². The normalized spacial score (nSPS) is 10.8. The molecule has 0 saturated carbocycles. The average Bonchev–Trinajstić information content (AvgIpc) is 3.14. The number of rotatable bonds is 5. The molecular weight excluding hydrogens is 318 g/mol. The second kappa shape index (κ2) is 7.21. The molecule has 0 radical (unpaired) electrons. The van der Waals surface area contributed by atoms with E-state index in [1.54, 1.807) is 4.68 Å². The lowest BCUT2D eigenvalue weighted by atomic mass is 10.2. The summed E-state index contributed by atoms with van der Waals surface area (Å²) in [5.41, 5.74) is 7.72. The minimum absolute atomic E-state index is 0.0716. The maximum atomic E-state index is 11.9. The molecule has 25 heavy (non-hydrogen) atoms. The van der Waals surface area contributed by atoms with Gasteiger partial charge in [-0.1, -0.05) is 18.2 Å². The molecule has 1 aromatic carbocycles. The van der Waals surface area contributed by atoms with Crippen LogP contribution in [0.25, 0.3) is 10.9 Å². The maximum Gasteiger partial charge on any atom is 0.260 e. The third kappa shape index (κ3) is 4.06. The molecule has 2 N–H and O–H groups in total. The molecule has 0 fully saturated rings. The minimum atomic E-state index is -0.314. The number of amides is 2. The number of aryl methyl sites for hydroxylation is 3. The number of hydrogen-bond acceptors (Lipinski definition) is 3. The summed E-state index contributed by atoms with van der Waals surface area (Å²) in [5, 5.41) is 5.36. The second-order valence-corrected chi connectivity index (χ2v) is 6.00. The zero-order valence-corrected chi connectivity index (χ0v) is 14.3. The van der Waals surface area contributed by atoms with E-state index < -0.39 is 0 Å². The Morgan fingerprint density at radius 3 is 2.60 bits per heavy atom. The molecule has 0 spiro atoms. The van der Waals surface area contributed by atoms with Gasteiger partial charge in [0, 0.05) is 30.4 Å². The first-order valence-corrected chi connectivity index (χ1v) is 8.15.